The van der Waals surface area contributed by atoms with E-state index in [2.05, 4.69) is 37.9 Å². The zero-order valence-corrected chi connectivity index (χ0v) is 23.6. The number of hydrogen-bond acceptors (Lipinski definition) is 7. The van der Waals surface area contributed by atoms with Crippen LogP contribution in [0.3, 0.4) is 0 Å². The summed E-state index contributed by atoms with van der Waals surface area (Å²) in [6, 6.07) is 16.1. The lowest BCUT2D eigenvalue weighted by molar-refractivity contribution is 0.404. The Morgan fingerprint density at radius 1 is 1.16 bits per heavy atom. The molecule has 4 heterocycles. The summed E-state index contributed by atoms with van der Waals surface area (Å²) in [6.07, 6.45) is 0.897. The number of thiocarbonyl (C=S) groups is 1. The Kier molecular flexibility index (Phi) is 6.79. The van der Waals surface area contributed by atoms with E-state index in [4.69, 9.17) is 33.5 Å². The van der Waals surface area contributed by atoms with Crippen molar-refractivity contribution in [3.05, 3.63) is 86.8 Å². The molecular weight excluding hydrogens is 542 g/mol. The van der Waals surface area contributed by atoms with Crippen molar-refractivity contribution in [3.63, 3.8) is 0 Å². The van der Waals surface area contributed by atoms with E-state index in [1.807, 2.05) is 37.3 Å². The lowest BCUT2D eigenvalue weighted by atomic mass is 9.95. The molecule has 0 radical (unpaired) electrons. The smallest absolute Gasteiger partial charge is 0.160 e. The first-order valence-electron chi connectivity index (χ1n) is 11.9. The lowest BCUT2D eigenvalue weighted by Crippen LogP contribution is -2.35. The fraction of sp³-hybridized carbons (Fsp3) is 0.259. The fourth-order valence-electron chi connectivity index (χ4n) is 4.79. The first-order valence-corrected chi connectivity index (χ1v) is 14.5. The number of benzene rings is 2. The number of nitrogens with zero attached hydrogens (tertiary/aromatic N) is 5. The number of halogens is 1. The Balaban J connectivity index is 1.31. The minimum absolute atomic E-state index is 0.469. The predicted octanol–water partition coefficient (Wildman–Crippen LogP) is 6.13. The van der Waals surface area contributed by atoms with E-state index in [-0.39, 0.29) is 0 Å². The molecule has 0 fully saturated rings. The van der Waals surface area contributed by atoms with Gasteiger partial charge in [-0.25, -0.2) is 0 Å². The highest BCUT2D eigenvalue weighted by Crippen LogP contribution is 2.40. The minimum Gasteiger partial charge on any atom is -0.497 e. The van der Waals surface area contributed by atoms with Crippen LogP contribution >= 0.6 is 46.9 Å². The van der Waals surface area contributed by atoms with Crippen LogP contribution in [0.1, 0.15) is 33.2 Å². The molecule has 2 aromatic carbocycles. The molecule has 0 atom stereocenters. The summed E-state index contributed by atoms with van der Waals surface area (Å²) in [5.74, 6) is 3.35. The second-order valence-electron chi connectivity index (χ2n) is 8.86. The normalized spacial score (nSPS) is 14.4. The summed E-state index contributed by atoms with van der Waals surface area (Å²) in [6.45, 7) is 4.14. The van der Waals surface area contributed by atoms with E-state index in [9.17, 15) is 0 Å². The second kappa shape index (κ2) is 10.2. The Hall–Kier alpha value is -2.72. The molecule has 2 aromatic heterocycles. The molecule has 37 heavy (non-hydrogen) atoms. The van der Waals surface area contributed by atoms with Gasteiger partial charge >= 0.3 is 0 Å². The van der Waals surface area contributed by atoms with Crippen LogP contribution in [0, 0.1) is 6.92 Å². The van der Waals surface area contributed by atoms with Gasteiger partial charge in [-0.1, -0.05) is 42.0 Å². The number of hydrogen-bond donors (Lipinski definition) is 0. The highest BCUT2D eigenvalue weighted by molar-refractivity contribution is 8.01. The first-order chi connectivity index (χ1) is 18.0. The summed E-state index contributed by atoms with van der Waals surface area (Å²) in [4.78, 5) is 10.8. The number of rotatable bonds is 5. The topological polar surface area (TPSA) is 55.5 Å². The van der Waals surface area contributed by atoms with Gasteiger partial charge in [-0.2, -0.15) is 0 Å². The standard InChI is InChI=1S/C27H24ClN5OS3/c1-16-30-31-23-13-29-26(19-5-3-4-6-21(19)28)25-20-11-12-32(14-22(20)37-27(25)33(16)23)24(35)15-36-18-9-7-17(34-2)8-10-18/h3-10H,11-15H2,1-2H3. The fourth-order valence-corrected chi connectivity index (χ4v) is 7.58. The van der Waals surface area contributed by atoms with Crippen LogP contribution in [0.25, 0.3) is 5.00 Å². The Morgan fingerprint density at radius 2 is 1.97 bits per heavy atom. The van der Waals surface area contributed by atoms with Crippen LogP contribution in [0.5, 0.6) is 5.75 Å². The number of ether oxygens (including phenoxy) is 1. The Bertz CT molecular complexity index is 1530. The van der Waals surface area contributed by atoms with E-state index in [0.717, 1.165) is 69.5 Å². The molecule has 0 saturated carbocycles. The summed E-state index contributed by atoms with van der Waals surface area (Å²) < 4.78 is 7.43. The van der Waals surface area contributed by atoms with E-state index in [1.165, 1.54) is 15.3 Å². The van der Waals surface area contributed by atoms with Gasteiger partial charge in [0.05, 0.1) is 24.4 Å². The van der Waals surface area contributed by atoms with Crippen molar-refractivity contribution >= 4 is 57.6 Å². The quantitative estimate of drug-likeness (QED) is 0.214. The van der Waals surface area contributed by atoms with Gasteiger partial charge in [0.25, 0.3) is 0 Å². The van der Waals surface area contributed by atoms with Crippen molar-refractivity contribution in [2.24, 2.45) is 4.99 Å². The highest BCUT2D eigenvalue weighted by Gasteiger charge is 2.32. The van der Waals surface area contributed by atoms with Gasteiger partial charge in [0.2, 0.25) is 0 Å². The molecule has 6 rings (SSSR count). The Labute approximate surface area is 234 Å². The molecule has 6 nitrogen and oxygen atoms in total. The SMILES string of the molecule is COc1ccc(SCC(=S)N2CCc3c(sc4c3C(c3ccccc3Cl)=NCc3nnc(C)n3-4)C2)cc1. The maximum Gasteiger partial charge on any atom is 0.160 e. The minimum atomic E-state index is 0.469. The van der Waals surface area contributed by atoms with E-state index in [0.29, 0.717) is 11.6 Å². The van der Waals surface area contributed by atoms with Gasteiger partial charge in [0.1, 0.15) is 23.1 Å². The molecule has 0 aliphatic carbocycles. The van der Waals surface area contributed by atoms with Crippen LogP contribution in [0.4, 0.5) is 0 Å². The lowest BCUT2D eigenvalue weighted by Gasteiger charge is -2.29. The molecule has 4 aromatic rings. The second-order valence-corrected chi connectivity index (χ2v) is 11.9. The number of thioether (sulfide) groups is 1. The molecule has 0 N–H and O–H groups in total. The van der Waals surface area contributed by atoms with E-state index >= 15 is 0 Å². The molecule has 2 aliphatic rings. The summed E-state index contributed by atoms with van der Waals surface area (Å²) in [5.41, 5.74) is 4.39. The molecule has 0 unspecified atom stereocenters. The zero-order valence-electron chi connectivity index (χ0n) is 20.4. The number of aryl methyl sites for hydroxylation is 1. The molecule has 0 amide bonds. The average Bonchev–Trinajstić information content (AvgIpc) is 3.43. The van der Waals surface area contributed by atoms with Crippen molar-refractivity contribution in [2.45, 2.75) is 31.3 Å². The summed E-state index contributed by atoms with van der Waals surface area (Å²) in [7, 11) is 1.68. The number of fused-ring (bicyclic) bond motifs is 5. The molecule has 2 aliphatic heterocycles. The van der Waals surface area contributed by atoms with Gasteiger partial charge in [0, 0.05) is 38.2 Å². The molecule has 0 saturated heterocycles. The van der Waals surface area contributed by atoms with Gasteiger partial charge in [-0.05, 0) is 49.2 Å². The third-order valence-corrected chi connectivity index (χ3v) is 9.79. The van der Waals surface area contributed by atoms with Crippen molar-refractivity contribution in [3.8, 4) is 10.8 Å². The van der Waals surface area contributed by atoms with Crippen LogP contribution in [0.2, 0.25) is 5.02 Å². The maximum atomic E-state index is 6.66. The largest absolute Gasteiger partial charge is 0.497 e. The Morgan fingerprint density at radius 3 is 2.76 bits per heavy atom. The van der Waals surface area contributed by atoms with Gasteiger partial charge in [0.15, 0.2) is 5.82 Å². The number of aliphatic imine (C=N–C) groups is 1. The number of aromatic nitrogens is 3. The van der Waals surface area contributed by atoms with Gasteiger partial charge < -0.3 is 9.64 Å². The third-order valence-electron chi connectivity index (χ3n) is 6.65. The van der Waals surface area contributed by atoms with Gasteiger partial charge in [-0.15, -0.1) is 33.3 Å². The molecule has 0 spiro atoms. The summed E-state index contributed by atoms with van der Waals surface area (Å²) in [5, 5.41) is 10.6. The number of methoxy groups -OCH3 is 1. The van der Waals surface area contributed by atoms with Crippen LogP contribution < -0.4 is 4.74 Å². The van der Waals surface area contributed by atoms with Crippen LogP contribution in [0.15, 0.2) is 58.4 Å². The molecule has 188 valence electrons. The van der Waals surface area contributed by atoms with Crippen LogP contribution in [-0.2, 0) is 19.5 Å². The van der Waals surface area contributed by atoms with E-state index in [1.54, 1.807) is 30.2 Å². The summed E-state index contributed by atoms with van der Waals surface area (Å²) >= 11 is 16.1. The van der Waals surface area contributed by atoms with Gasteiger partial charge in [-0.3, -0.25) is 9.56 Å². The molecule has 10 heteroatoms. The zero-order chi connectivity index (χ0) is 25.5. The van der Waals surface area contributed by atoms with Crippen molar-refractivity contribution in [1.29, 1.82) is 0 Å². The van der Waals surface area contributed by atoms with E-state index < -0.39 is 0 Å². The average molecular weight is 566 g/mol. The van der Waals surface area contributed by atoms with Crippen molar-refractivity contribution in [2.75, 3.05) is 19.4 Å². The molecular formula is C27H24ClN5OS3. The van der Waals surface area contributed by atoms with Crippen molar-refractivity contribution in [1.82, 2.24) is 19.7 Å². The monoisotopic (exact) mass is 565 g/mol. The molecule has 0 bridgehead atoms. The third kappa shape index (κ3) is 4.58. The predicted molar refractivity (Wildman–Crippen MR) is 155 cm³/mol. The number of thiophene rings is 1. The first kappa shape index (κ1) is 24.6. The van der Waals surface area contributed by atoms with Crippen LogP contribution in [-0.4, -0.2) is 49.8 Å². The maximum absolute atomic E-state index is 6.66. The van der Waals surface area contributed by atoms with Crippen molar-refractivity contribution < 1.29 is 4.74 Å². The highest BCUT2D eigenvalue weighted by atomic mass is 35.5.